The van der Waals surface area contributed by atoms with Crippen molar-refractivity contribution in [2.45, 2.75) is 13.3 Å². The summed E-state index contributed by atoms with van der Waals surface area (Å²) in [6.07, 6.45) is 4.13. The molecule has 2 aromatic heterocycles. The summed E-state index contributed by atoms with van der Waals surface area (Å²) in [6, 6.07) is 3.79. The number of carbonyl (C=O) groups is 2. The van der Waals surface area contributed by atoms with E-state index >= 15 is 0 Å². The van der Waals surface area contributed by atoms with E-state index in [2.05, 4.69) is 15.3 Å². The topological polar surface area (TPSA) is 81.2 Å². The first-order valence-electron chi connectivity index (χ1n) is 6.50. The van der Waals surface area contributed by atoms with Gasteiger partial charge in [-0.15, -0.1) is 11.3 Å². The fourth-order valence-electron chi connectivity index (χ4n) is 1.62. The lowest BCUT2D eigenvalue weighted by molar-refractivity contribution is 0.0526. The minimum Gasteiger partial charge on any atom is -0.461 e. The van der Waals surface area contributed by atoms with Gasteiger partial charge in [0, 0.05) is 24.3 Å². The summed E-state index contributed by atoms with van der Waals surface area (Å²) in [4.78, 5) is 31.3. The number of esters is 1. The van der Waals surface area contributed by atoms with Crippen molar-refractivity contribution < 1.29 is 14.3 Å². The van der Waals surface area contributed by atoms with Crippen molar-refractivity contribution in [3.63, 3.8) is 0 Å². The Labute approximate surface area is 126 Å². The molecule has 0 saturated heterocycles. The van der Waals surface area contributed by atoms with Crippen LogP contribution in [0.1, 0.15) is 32.8 Å². The van der Waals surface area contributed by atoms with Gasteiger partial charge in [0.15, 0.2) is 0 Å². The van der Waals surface area contributed by atoms with Gasteiger partial charge in [0.05, 0.1) is 6.61 Å². The van der Waals surface area contributed by atoms with Gasteiger partial charge in [0.1, 0.15) is 5.69 Å². The zero-order valence-electron chi connectivity index (χ0n) is 11.5. The normalized spacial score (nSPS) is 10.1. The van der Waals surface area contributed by atoms with Gasteiger partial charge in [-0.3, -0.25) is 9.78 Å². The summed E-state index contributed by atoms with van der Waals surface area (Å²) in [6.45, 7) is 2.50. The zero-order valence-corrected chi connectivity index (χ0v) is 12.4. The first-order valence-corrected chi connectivity index (χ1v) is 7.38. The van der Waals surface area contributed by atoms with Crippen LogP contribution in [0.3, 0.4) is 0 Å². The van der Waals surface area contributed by atoms with E-state index < -0.39 is 5.97 Å². The Bertz CT molecular complexity index is 613. The molecule has 0 fully saturated rings. The third-order valence-corrected chi connectivity index (χ3v) is 3.46. The van der Waals surface area contributed by atoms with Crippen LogP contribution in [0, 0.1) is 0 Å². The molecule has 110 valence electrons. The maximum Gasteiger partial charge on any atom is 0.367 e. The first kappa shape index (κ1) is 15.1. The minimum atomic E-state index is -0.502. The predicted octanol–water partition coefficient (Wildman–Crippen LogP) is 1.69. The summed E-state index contributed by atoms with van der Waals surface area (Å²) in [5.41, 5.74) is 1.33. The van der Waals surface area contributed by atoms with E-state index in [9.17, 15) is 9.59 Å². The Kier molecular flexibility index (Phi) is 5.39. The lowest BCUT2D eigenvalue weighted by Gasteiger charge is -2.03. The largest absolute Gasteiger partial charge is 0.461 e. The van der Waals surface area contributed by atoms with E-state index in [4.69, 9.17) is 4.74 Å². The highest BCUT2D eigenvalue weighted by Crippen LogP contribution is 2.11. The summed E-state index contributed by atoms with van der Waals surface area (Å²) < 4.78 is 4.83. The fraction of sp³-hybridized carbons (Fsp3) is 0.286. The summed E-state index contributed by atoms with van der Waals surface area (Å²) >= 11 is 1.10. The van der Waals surface area contributed by atoms with Gasteiger partial charge >= 0.3 is 5.97 Å². The van der Waals surface area contributed by atoms with Crippen molar-refractivity contribution in [3.8, 4) is 0 Å². The van der Waals surface area contributed by atoms with Gasteiger partial charge in [-0.05, 0) is 31.0 Å². The van der Waals surface area contributed by atoms with Crippen LogP contribution in [-0.2, 0) is 11.2 Å². The van der Waals surface area contributed by atoms with Crippen LogP contribution >= 0.6 is 11.3 Å². The van der Waals surface area contributed by atoms with Crippen molar-refractivity contribution >= 4 is 23.2 Å². The van der Waals surface area contributed by atoms with E-state index in [0.29, 0.717) is 13.0 Å². The highest BCUT2D eigenvalue weighted by Gasteiger charge is 2.15. The van der Waals surface area contributed by atoms with E-state index in [-0.39, 0.29) is 23.2 Å². The maximum atomic E-state index is 11.9. The van der Waals surface area contributed by atoms with Crippen molar-refractivity contribution in [1.82, 2.24) is 15.3 Å². The molecule has 0 saturated carbocycles. The van der Waals surface area contributed by atoms with Crippen LogP contribution in [0.5, 0.6) is 0 Å². The molecule has 2 heterocycles. The molecule has 0 aromatic carbocycles. The van der Waals surface area contributed by atoms with Gasteiger partial charge in [-0.25, -0.2) is 9.78 Å². The molecule has 0 aliphatic rings. The number of thiazole rings is 1. The Hall–Kier alpha value is -2.28. The molecule has 0 aliphatic carbocycles. The lowest BCUT2D eigenvalue weighted by Crippen LogP contribution is -2.26. The quantitative estimate of drug-likeness (QED) is 0.821. The van der Waals surface area contributed by atoms with Crippen LogP contribution < -0.4 is 5.32 Å². The zero-order chi connectivity index (χ0) is 15.1. The van der Waals surface area contributed by atoms with Crippen molar-refractivity contribution in [3.05, 3.63) is 46.2 Å². The predicted molar refractivity (Wildman–Crippen MR) is 78.3 cm³/mol. The van der Waals surface area contributed by atoms with Crippen LogP contribution in [0.15, 0.2) is 29.9 Å². The van der Waals surface area contributed by atoms with Crippen LogP contribution in [-0.4, -0.2) is 35.0 Å². The van der Waals surface area contributed by atoms with Crippen LogP contribution in [0.25, 0.3) is 0 Å². The molecule has 7 heteroatoms. The second kappa shape index (κ2) is 7.49. The van der Waals surface area contributed by atoms with Gasteiger partial charge in [-0.1, -0.05) is 0 Å². The molecule has 21 heavy (non-hydrogen) atoms. The van der Waals surface area contributed by atoms with E-state index in [1.54, 1.807) is 24.7 Å². The second-order valence-corrected chi connectivity index (χ2v) is 4.98. The highest BCUT2D eigenvalue weighted by molar-refractivity contribution is 7.11. The van der Waals surface area contributed by atoms with Gasteiger partial charge < -0.3 is 10.1 Å². The molecular weight excluding hydrogens is 290 g/mol. The van der Waals surface area contributed by atoms with Gasteiger partial charge in [0.25, 0.3) is 5.91 Å². The SMILES string of the molecule is CCOC(=O)c1nc(C(=O)NCCc2ccncc2)cs1. The monoisotopic (exact) mass is 305 g/mol. The standard InChI is InChI=1S/C14H15N3O3S/c1-2-20-14(19)13-17-11(9-21-13)12(18)16-8-5-10-3-6-15-7-4-10/h3-4,6-7,9H,2,5,8H2,1H3,(H,16,18). The van der Waals surface area contributed by atoms with Crippen LogP contribution in [0.2, 0.25) is 0 Å². The molecule has 0 aliphatic heterocycles. The molecule has 6 nitrogen and oxygen atoms in total. The first-order chi connectivity index (χ1) is 10.2. The number of nitrogens with one attached hydrogen (secondary N) is 1. The lowest BCUT2D eigenvalue weighted by atomic mass is 10.2. The average molecular weight is 305 g/mol. The molecule has 2 rings (SSSR count). The molecule has 0 atom stereocenters. The summed E-state index contributed by atoms with van der Waals surface area (Å²) in [7, 11) is 0. The highest BCUT2D eigenvalue weighted by atomic mass is 32.1. The Balaban J connectivity index is 1.85. The number of rotatable bonds is 6. The molecule has 2 aromatic rings. The van der Waals surface area contributed by atoms with Crippen molar-refractivity contribution in [2.75, 3.05) is 13.2 Å². The van der Waals surface area contributed by atoms with E-state index in [1.165, 1.54) is 0 Å². The van der Waals surface area contributed by atoms with E-state index in [0.717, 1.165) is 16.9 Å². The fourth-order valence-corrected chi connectivity index (χ4v) is 2.31. The minimum absolute atomic E-state index is 0.191. The Morgan fingerprint density at radius 1 is 1.33 bits per heavy atom. The summed E-state index contributed by atoms with van der Waals surface area (Å²) in [5.74, 6) is -0.797. The van der Waals surface area contributed by atoms with Gasteiger partial charge in [0.2, 0.25) is 5.01 Å². The third-order valence-electron chi connectivity index (χ3n) is 2.64. The molecule has 0 bridgehead atoms. The molecule has 0 spiro atoms. The van der Waals surface area contributed by atoms with Crippen LogP contribution in [0.4, 0.5) is 0 Å². The molecule has 1 N–H and O–H groups in total. The number of amides is 1. The second-order valence-electron chi connectivity index (χ2n) is 4.12. The molecule has 0 unspecified atom stereocenters. The average Bonchev–Trinajstić information content (AvgIpc) is 2.98. The Morgan fingerprint density at radius 3 is 2.81 bits per heavy atom. The Morgan fingerprint density at radius 2 is 2.10 bits per heavy atom. The van der Waals surface area contributed by atoms with E-state index in [1.807, 2.05) is 12.1 Å². The van der Waals surface area contributed by atoms with Gasteiger partial charge in [-0.2, -0.15) is 0 Å². The molecule has 1 amide bonds. The number of nitrogens with zero attached hydrogens (tertiary/aromatic N) is 2. The third kappa shape index (κ3) is 4.35. The number of aromatic nitrogens is 2. The molecular formula is C14H15N3O3S. The molecule has 0 radical (unpaired) electrons. The van der Waals surface area contributed by atoms with Crippen molar-refractivity contribution in [2.24, 2.45) is 0 Å². The number of hydrogen-bond acceptors (Lipinski definition) is 6. The number of pyridine rings is 1. The maximum absolute atomic E-state index is 11.9. The smallest absolute Gasteiger partial charge is 0.367 e. The van der Waals surface area contributed by atoms with Crippen molar-refractivity contribution in [1.29, 1.82) is 0 Å². The number of carbonyl (C=O) groups excluding carboxylic acids is 2. The number of hydrogen-bond donors (Lipinski definition) is 1. The number of ether oxygens (including phenoxy) is 1. The summed E-state index contributed by atoms with van der Waals surface area (Å²) in [5, 5.41) is 4.50.